The van der Waals surface area contributed by atoms with Gasteiger partial charge in [0.25, 0.3) is 0 Å². The summed E-state index contributed by atoms with van der Waals surface area (Å²) in [6.45, 7) is 0.511. The highest BCUT2D eigenvalue weighted by molar-refractivity contribution is 5.89. The quantitative estimate of drug-likeness (QED) is 0.499. The maximum atomic E-state index is 12.2. The number of esters is 1. The molecule has 1 aliphatic carbocycles. The normalized spacial score (nSPS) is 21.3. The number of para-hydroxylation sites is 1. The number of aliphatic carboxylic acids is 1. The Morgan fingerprint density at radius 1 is 1.10 bits per heavy atom. The first-order chi connectivity index (χ1) is 14.0. The Labute approximate surface area is 171 Å². The van der Waals surface area contributed by atoms with Crippen molar-refractivity contribution in [2.75, 3.05) is 13.7 Å². The molecule has 154 valence electrons. The van der Waals surface area contributed by atoms with Gasteiger partial charge in [0, 0.05) is 0 Å². The number of carboxylic acid groups (broad SMARTS) is 1. The lowest BCUT2D eigenvalue weighted by Gasteiger charge is -2.38. The van der Waals surface area contributed by atoms with Crippen LogP contribution in [0.4, 0.5) is 0 Å². The first kappa shape index (κ1) is 20.9. The number of methoxy groups -OCH3 is 1. The van der Waals surface area contributed by atoms with Crippen molar-refractivity contribution in [2.45, 2.75) is 44.4 Å². The second-order valence-electron chi connectivity index (χ2n) is 7.76. The second kappa shape index (κ2) is 9.59. The van der Waals surface area contributed by atoms with Gasteiger partial charge in [-0.2, -0.15) is 0 Å². The number of hydrogen-bond donors (Lipinski definition) is 1. The minimum absolute atomic E-state index is 0.182. The van der Waals surface area contributed by atoms with E-state index in [1.165, 1.54) is 7.11 Å². The van der Waals surface area contributed by atoms with Crippen molar-refractivity contribution in [1.82, 2.24) is 0 Å². The first-order valence-electron chi connectivity index (χ1n) is 10.1. The molecule has 2 aromatic rings. The van der Waals surface area contributed by atoms with Crippen molar-refractivity contribution in [3.63, 3.8) is 0 Å². The number of benzene rings is 2. The Morgan fingerprint density at radius 2 is 1.83 bits per heavy atom. The Morgan fingerprint density at radius 3 is 2.48 bits per heavy atom. The van der Waals surface area contributed by atoms with E-state index in [0.717, 1.165) is 24.2 Å². The molecule has 1 saturated carbocycles. The van der Waals surface area contributed by atoms with Crippen LogP contribution < -0.4 is 4.74 Å². The summed E-state index contributed by atoms with van der Waals surface area (Å²) in [7, 11) is 1.36. The lowest BCUT2D eigenvalue weighted by Crippen LogP contribution is -2.36. The van der Waals surface area contributed by atoms with Crippen LogP contribution in [0.3, 0.4) is 0 Å². The van der Waals surface area contributed by atoms with Crippen LogP contribution in [0.5, 0.6) is 5.75 Å². The van der Waals surface area contributed by atoms with E-state index in [1.54, 1.807) is 12.1 Å². The Bertz CT molecular complexity index is 815. The van der Waals surface area contributed by atoms with Gasteiger partial charge in [0.1, 0.15) is 5.75 Å². The largest absolute Gasteiger partial charge is 0.494 e. The molecular weight excluding hydrogens is 368 g/mol. The van der Waals surface area contributed by atoms with Gasteiger partial charge < -0.3 is 14.6 Å². The second-order valence-corrected chi connectivity index (χ2v) is 7.76. The summed E-state index contributed by atoms with van der Waals surface area (Å²) in [5.41, 5.74) is 0.877. The van der Waals surface area contributed by atoms with E-state index in [9.17, 15) is 14.7 Å². The topological polar surface area (TPSA) is 72.8 Å². The Balaban J connectivity index is 1.62. The smallest absolute Gasteiger partial charge is 0.337 e. The Hall–Kier alpha value is -2.82. The summed E-state index contributed by atoms with van der Waals surface area (Å²) in [6, 6.07) is 16.9. The first-order valence-corrected chi connectivity index (χ1v) is 10.1. The predicted octanol–water partition coefficient (Wildman–Crippen LogP) is 5.06. The van der Waals surface area contributed by atoms with Crippen LogP contribution in [0.25, 0.3) is 0 Å². The lowest BCUT2D eigenvalue weighted by molar-refractivity contribution is -0.152. The molecule has 0 spiro atoms. The molecule has 1 aliphatic rings. The number of rotatable bonds is 8. The molecule has 0 radical (unpaired) electrons. The van der Waals surface area contributed by atoms with E-state index in [-0.39, 0.29) is 11.9 Å². The number of hydrogen-bond acceptors (Lipinski definition) is 4. The highest BCUT2D eigenvalue weighted by Crippen LogP contribution is 2.47. The summed E-state index contributed by atoms with van der Waals surface area (Å²) < 4.78 is 10.5. The summed E-state index contributed by atoms with van der Waals surface area (Å²) >= 11 is 0. The molecule has 29 heavy (non-hydrogen) atoms. The molecule has 0 saturated heterocycles. The molecule has 0 aliphatic heterocycles. The molecule has 5 nitrogen and oxygen atoms in total. The van der Waals surface area contributed by atoms with Gasteiger partial charge in [-0.3, -0.25) is 4.79 Å². The van der Waals surface area contributed by atoms with Gasteiger partial charge in [0.05, 0.1) is 24.7 Å². The number of carboxylic acids is 1. The third kappa shape index (κ3) is 5.17. The van der Waals surface area contributed by atoms with Gasteiger partial charge >= 0.3 is 11.9 Å². The molecule has 1 N–H and O–H groups in total. The molecule has 2 atom stereocenters. The van der Waals surface area contributed by atoms with Crippen LogP contribution in [0.15, 0.2) is 54.6 Å². The molecular formula is C24H28O5. The van der Waals surface area contributed by atoms with Gasteiger partial charge in [0.2, 0.25) is 0 Å². The fraction of sp³-hybridized carbons (Fsp3) is 0.417. The summed E-state index contributed by atoms with van der Waals surface area (Å²) in [5.74, 6) is -0.0859. The highest BCUT2D eigenvalue weighted by Gasteiger charge is 2.42. The van der Waals surface area contributed by atoms with Crippen molar-refractivity contribution in [2.24, 2.45) is 5.41 Å². The summed E-state index contributed by atoms with van der Waals surface area (Å²) in [5, 5.41) is 10.0. The van der Waals surface area contributed by atoms with Crippen LogP contribution >= 0.6 is 0 Å². The van der Waals surface area contributed by atoms with E-state index < -0.39 is 11.4 Å². The van der Waals surface area contributed by atoms with E-state index in [4.69, 9.17) is 9.47 Å². The number of ether oxygens (including phenoxy) is 2. The number of carbonyl (C=O) groups is 2. The van der Waals surface area contributed by atoms with Crippen molar-refractivity contribution < 1.29 is 24.2 Å². The van der Waals surface area contributed by atoms with E-state index in [0.29, 0.717) is 37.9 Å². The van der Waals surface area contributed by atoms with Crippen LogP contribution in [0.2, 0.25) is 0 Å². The zero-order valence-electron chi connectivity index (χ0n) is 16.8. The molecule has 0 bridgehead atoms. The average molecular weight is 396 g/mol. The highest BCUT2D eigenvalue weighted by atomic mass is 16.5. The van der Waals surface area contributed by atoms with Crippen molar-refractivity contribution in [1.29, 1.82) is 0 Å². The molecule has 0 aromatic heterocycles. The Kier molecular flexibility index (Phi) is 6.91. The lowest BCUT2D eigenvalue weighted by atomic mass is 9.65. The maximum absolute atomic E-state index is 12.2. The fourth-order valence-corrected chi connectivity index (χ4v) is 4.30. The van der Waals surface area contributed by atoms with Crippen LogP contribution in [0, 0.1) is 5.41 Å². The molecule has 0 heterocycles. The van der Waals surface area contributed by atoms with E-state index in [2.05, 4.69) is 0 Å². The third-order valence-corrected chi connectivity index (χ3v) is 5.91. The molecule has 3 rings (SSSR count). The van der Waals surface area contributed by atoms with Gasteiger partial charge in [-0.25, -0.2) is 4.79 Å². The molecule has 0 unspecified atom stereocenters. The maximum Gasteiger partial charge on any atom is 0.337 e. The van der Waals surface area contributed by atoms with E-state index in [1.807, 2.05) is 42.5 Å². The minimum atomic E-state index is -0.718. The average Bonchev–Trinajstić information content (AvgIpc) is 2.77. The van der Waals surface area contributed by atoms with Gasteiger partial charge in [-0.05, 0) is 67.9 Å². The molecule has 2 aromatic carbocycles. The van der Waals surface area contributed by atoms with Crippen molar-refractivity contribution in [3.05, 3.63) is 65.7 Å². The summed E-state index contributed by atoms with van der Waals surface area (Å²) in [4.78, 5) is 23.8. The third-order valence-electron chi connectivity index (χ3n) is 5.91. The number of carbonyl (C=O) groups excluding carboxylic acids is 1. The molecule has 5 heteroatoms. The monoisotopic (exact) mass is 396 g/mol. The van der Waals surface area contributed by atoms with Gasteiger partial charge in [0.15, 0.2) is 0 Å². The van der Waals surface area contributed by atoms with Crippen molar-refractivity contribution in [3.8, 4) is 5.75 Å². The van der Waals surface area contributed by atoms with Crippen LogP contribution in [-0.4, -0.2) is 30.8 Å². The molecule has 1 fully saturated rings. The minimum Gasteiger partial charge on any atom is -0.494 e. The van der Waals surface area contributed by atoms with E-state index >= 15 is 0 Å². The zero-order valence-corrected chi connectivity index (χ0v) is 16.8. The SMILES string of the molecule is COC(=O)c1ccc([C@H]2CCC[C@@](CCCOc3ccccc3)(C(=O)O)C2)cc1. The summed E-state index contributed by atoms with van der Waals surface area (Å²) in [6.07, 6.45) is 4.47. The van der Waals surface area contributed by atoms with Crippen LogP contribution in [-0.2, 0) is 9.53 Å². The van der Waals surface area contributed by atoms with Gasteiger partial charge in [-0.15, -0.1) is 0 Å². The van der Waals surface area contributed by atoms with Gasteiger partial charge in [-0.1, -0.05) is 36.8 Å². The van der Waals surface area contributed by atoms with Crippen molar-refractivity contribution >= 4 is 11.9 Å². The fourth-order valence-electron chi connectivity index (χ4n) is 4.30. The standard InChI is InChI=1S/C24H28O5/c1-28-22(25)19-12-10-18(11-13-19)20-7-5-14-24(17-20,23(26)27)15-6-16-29-21-8-3-2-4-9-21/h2-4,8-13,20H,5-7,14-17H2,1H3,(H,26,27)/t20-,24-/m0/s1. The van der Waals surface area contributed by atoms with Crippen LogP contribution in [0.1, 0.15) is 60.4 Å². The molecule has 0 amide bonds. The predicted molar refractivity (Wildman–Crippen MR) is 110 cm³/mol. The zero-order chi connectivity index (χ0) is 20.7.